The van der Waals surface area contributed by atoms with Crippen molar-refractivity contribution < 1.29 is 23.7 Å². The molecular formula is C15H23NO5. The van der Waals surface area contributed by atoms with Gasteiger partial charge in [-0.1, -0.05) is 0 Å². The second kappa shape index (κ2) is 10.0. The molecule has 21 heavy (non-hydrogen) atoms. The van der Waals surface area contributed by atoms with E-state index in [4.69, 9.17) is 24.7 Å². The zero-order valence-electron chi connectivity index (χ0n) is 12.6. The fourth-order valence-electron chi connectivity index (χ4n) is 1.63. The summed E-state index contributed by atoms with van der Waals surface area (Å²) in [6.45, 7) is 4.22. The number of anilines is 1. The first kappa shape index (κ1) is 17.3. The molecule has 2 N–H and O–H groups in total. The van der Waals surface area contributed by atoms with Gasteiger partial charge in [-0.05, 0) is 25.1 Å². The van der Waals surface area contributed by atoms with Crippen LogP contribution < -0.4 is 10.5 Å². The average molecular weight is 297 g/mol. The molecule has 0 aliphatic heterocycles. The number of nitrogens with two attached hydrogens (primary N) is 1. The Balaban J connectivity index is 2.45. The number of methoxy groups -OCH3 is 1. The Bertz CT molecular complexity index is 436. The highest BCUT2D eigenvalue weighted by Gasteiger charge is 2.14. The lowest BCUT2D eigenvalue weighted by Gasteiger charge is -2.11. The van der Waals surface area contributed by atoms with Crippen LogP contribution in [-0.2, 0) is 14.2 Å². The lowest BCUT2D eigenvalue weighted by atomic mass is 10.2. The summed E-state index contributed by atoms with van der Waals surface area (Å²) < 4.78 is 20.8. The molecule has 118 valence electrons. The van der Waals surface area contributed by atoms with Crippen LogP contribution in [0.5, 0.6) is 5.75 Å². The van der Waals surface area contributed by atoms with Crippen molar-refractivity contribution in [2.24, 2.45) is 0 Å². The first-order valence-corrected chi connectivity index (χ1v) is 6.95. The quantitative estimate of drug-likeness (QED) is 0.403. The average Bonchev–Trinajstić information content (AvgIpc) is 2.47. The molecule has 0 aliphatic carbocycles. The van der Waals surface area contributed by atoms with Crippen molar-refractivity contribution in [3.05, 3.63) is 23.8 Å². The molecule has 0 amide bonds. The summed E-state index contributed by atoms with van der Waals surface area (Å²) in [5.74, 6) is 0.0377. The third-order valence-corrected chi connectivity index (χ3v) is 2.62. The van der Waals surface area contributed by atoms with Gasteiger partial charge in [0.1, 0.15) is 11.3 Å². The van der Waals surface area contributed by atoms with Crippen molar-refractivity contribution in [1.29, 1.82) is 0 Å². The minimum Gasteiger partial charge on any atom is -0.493 e. The number of carbonyl (C=O) groups excluding carboxylic acids is 1. The maximum Gasteiger partial charge on any atom is 0.341 e. The van der Waals surface area contributed by atoms with Crippen LogP contribution in [0.4, 0.5) is 5.69 Å². The van der Waals surface area contributed by atoms with E-state index >= 15 is 0 Å². The summed E-state index contributed by atoms with van der Waals surface area (Å²) in [5.41, 5.74) is 6.53. The van der Waals surface area contributed by atoms with Crippen LogP contribution in [0.1, 0.15) is 23.7 Å². The van der Waals surface area contributed by atoms with Crippen molar-refractivity contribution >= 4 is 11.7 Å². The topological polar surface area (TPSA) is 80.0 Å². The minimum absolute atomic E-state index is 0.306. The summed E-state index contributed by atoms with van der Waals surface area (Å²) in [6, 6.07) is 4.92. The van der Waals surface area contributed by atoms with E-state index in [2.05, 4.69) is 0 Å². The van der Waals surface area contributed by atoms with Gasteiger partial charge in [0.25, 0.3) is 0 Å². The molecule has 6 heteroatoms. The first-order valence-electron chi connectivity index (χ1n) is 6.95. The molecule has 1 aromatic rings. The molecular weight excluding hydrogens is 274 g/mol. The molecule has 6 nitrogen and oxygen atoms in total. The number of carbonyl (C=O) groups is 1. The van der Waals surface area contributed by atoms with Gasteiger partial charge in [-0.2, -0.15) is 0 Å². The lowest BCUT2D eigenvalue weighted by Crippen LogP contribution is -2.11. The Kier molecular flexibility index (Phi) is 8.23. The summed E-state index contributed by atoms with van der Waals surface area (Å²) in [4.78, 5) is 11.8. The minimum atomic E-state index is -0.434. The monoisotopic (exact) mass is 297 g/mol. The zero-order chi connectivity index (χ0) is 15.5. The molecule has 0 saturated carbocycles. The van der Waals surface area contributed by atoms with Crippen molar-refractivity contribution in [2.45, 2.75) is 13.3 Å². The van der Waals surface area contributed by atoms with E-state index in [1.54, 1.807) is 32.2 Å². The number of ether oxygens (including phenoxy) is 4. The Morgan fingerprint density at radius 2 is 2.00 bits per heavy atom. The van der Waals surface area contributed by atoms with Gasteiger partial charge in [0.05, 0.1) is 26.4 Å². The Hall–Kier alpha value is -1.79. The van der Waals surface area contributed by atoms with Crippen molar-refractivity contribution in [2.75, 3.05) is 45.9 Å². The van der Waals surface area contributed by atoms with E-state index in [1.807, 2.05) is 0 Å². The number of nitrogen functional groups attached to an aromatic ring is 1. The SMILES string of the molecule is CCOC(=O)c1cc(N)ccc1OCCCOCCOC. The van der Waals surface area contributed by atoms with E-state index < -0.39 is 5.97 Å². The molecule has 0 atom stereocenters. The van der Waals surface area contributed by atoms with Gasteiger partial charge >= 0.3 is 5.97 Å². The van der Waals surface area contributed by atoms with Crippen LogP contribution in [0.3, 0.4) is 0 Å². The van der Waals surface area contributed by atoms with Crippen LogP contribution >= 0.6 is 0 Å². The molecule has 0 saturated heterocycles. The Labute approximate surface area is 125 Å². The van der Waals surface area contributed by atoms with Crippen molar-refractivity contribution in [1.82, 2.24) is 0 Å². The molecule has 1 rings (SSSR count). The smallest absolute Gasteiger partial charge is 0.341 e. The first-order chi connectivity index (χ1) is 10.2. The van der Waals surface area contributed by atoms with Crippen LogP contribution in [-0.4, -0.2) is 46.1 Å². The van der Waals surface area contributed by atoms with Crippen LogP contribution in [0, 0.1) is 0 Å². The number of hydrogen-bond acceptors (Lipinski definition) is 6. The third-order valence-electron chi connectivity index (χ3n) is 2.62. The molecule has 0 spiro atoms. The van der Waals surface area contributed by atoms with E-state index in [1.165, 1.54) is 0 Å². The van der Waals surface area contributed by atoms with E-state index in [0.29, 0.717) is 50.0 Å². The zero-order valence-corrected chi connectivity index (χ0v) is 12.6. The molecule has 1 aromatic carbocycles. The maximum absolute atomic E-state index is 11.8. The van der Waals surface area contributed by atoms with Gasteiger partial charge in [-0.25, -0.2) is 4.79 Å². The Morgan fingerprint density at radius 1 is 1.19 bits per heavy atom. The standard InChI is InChI=1S/C15H23NO5/c1-3-20-15(17)13-11-12(16)5-6-14(13)21-8-4-7-19-10-9-18-2/h5-6,11H,3-4,7-10,16H2,1-2H3. The fraction of sp³-hybridized carbons (Fsp3) is 0.533. The molecule has 0 aliphatic rings. The summed E-state index contributed by atoms with van der Waals surface area (Å²) in [6.07, 6.45) is 0.719. The normalized spacial score (nSPS) is 10.4. The molecule has 0 radical (unpaired) electrons. The predicted octanol–water partition coefficient (Wildman–Crippen LogP) is 1.88. The summed E-state index contributed by atoms with van der Waals surface area (Å²) in [5, 5.41) is 0. The molecule has 0 fully saturated rings. The van der Waals surface area contributed by atoms with Crippen molar-refractivity contribution in [3.8, 4) is 5.75 Å². The van der Waals surface area contributed by atoms with Gasteiger partial charge < -0.3 is 24.7 Å². The van der Waals surface area contributed by atoms with Gasteiger partial charge in [0.2, 0.25) is 0 Å². The third kappa shape index (κ3) is 6.46. The van der Waals surface area contributed by atoms with Gasteiger partial charge in [-0.3, -0.25) is 0 Å². The second-order valence-corrected chi connectivity index (χ2v) is 4.28. The largest absolute Gasteiger partial charge is 0.493 e. The summed E-state index contributed by atoms with van der Waals surface area (Å²) >= 11 is 0. The number of hydrogen-bond donors (Lipinski definition) is 1. The predicted molar refractivity (Wildman–Crippen MR) is 79.6 cm³/mol. The van der Waals surface area contributed by atoms with Crippen LogP contribution in [0.15, 0.2) is 18.2 Å². The van der Waals surface area contributed by atoms with Gasteiger partial charge in [-0.15, -0.1) is 0 Å². The maximum atomic E-state index is 11.8. The van der Waals surface area contributed by atoms with E-state index in [-0.39, 0.29) is 0 Å². The van der Waals surface area contributed by atoms with Gasteiger partial charge in [0, 0.05) is 25.8 Å². The van der Waals surface area contributed by atoms with E-state index in [9.17, 15) is 4.79 Å². The highest BCUT2D eigenvalue weighted by atomic mass is 16.5. The van der Waals surface area contributed by atoms with Crippen LogP contribution in [0.25, 0.3) is 0 Å². The van der Waals surface area contributed by atoms with Gasteiger partial charge in [0.15, 0.2) is 0 Å². The number of benzene rings is 1. The number of esters is 1. The number of rotatable bonds is 10. The molecule has 0 heterocycles. The van der Waals surface area contributed by atoms with E-state index in [0.717, 1.165) is 6.42 Å². The molecule has 0 bridgehead atoms. The Morgan fingerprint density at radius 3 is 2.71 bits per heavy atom. The summed E-state index contributed by atoms with van der Waals surface area (Å²) in [7, 11) is 1.63. The molecule has 0 aromatic heterocycles. The van der Waals surface area contributed by atoms with Crippen molar-refractivity contribution in [3.63, 3.8) is 0 Å². The molecule has 0 unspecified atom stereocenters. The van der Waals surface area contributed by atoms with Crippen LogP contribution in [0.2, 0.25) is 0 Å². The highest BCUT2D eigenvalue weighted by molar-refractivity contribution is 5.93. The highest BCUT2D eigenvalue weighted by Crippen LogP contribution is 2.22. The second-order valence-electron chi connectivity index (χ2n) is 4.28. The fourth-order valence-corrected chi connectivity index (χ4v) is 1.63. The lowest BCUT2D eigenvalue weighted by molar-refractivity contribution is 0.0519.